The van der Waals surface area contributed by atoms with Gasteiger partial charge in [-0.1, -0.05) is 41.4 Å². The number of methoxy groups -OCH3 is 1. The molecule has 2 aromatic carbocycles. The molecule has 0 aliphatic carbocycles. The SMILES string of the molecule is COc1ccc(NC(=O)CN(C)C(C)c2ccccc2Cl)cc1Cl. The van der Waals surface area contributed by atoms with Crippen LogP contribution in [-0.4, -0.2) is 31.5 Å². The van der Waals surface area contributed by atoms with Gasteiger partial charge in [0.05, 0.1) is 18.7 Å². The fraction of sp³-hybridized carbons (Fsp3) is 0.278. The second kappa shape index (κ2) is 8.38. The highest BCUT2D eigenvalue weighted by atomic mass is 35.5. The summed E-state index contributed by atoms with van der Waals surface area (Å²) in [6.07, 6.45) is 0. The van der Waals surface area contributed by atoms with Gasteiger partial charge in [-0.05, 0) is 43.8 Å². The average Bonchev–Trinajstić information content (AvgIpc) is 2.54. The van der Waals surface area contributed by atoms with E-state index in [1.54, 1.807) is 25.3 Å². The maximum atomic E-state index is 12.2. The molecule has 0 aromatic heterocycles. The Kier molecular flexibility index (Phi) is 6.49. The molecule has 24 heavy (non-hydrogen) atoms. The number of nitrogens with one attached hydrogen (secondary N) is 1. The Morgan fingerprint density at radius 3 is 2.54 bits per heavy atom. The number of hydrogen-bond acceptors (Lipinski definition) is 3. The van der Waals surface area contributed by atoms with Gasteiger partial charge in [0.15, 0.2) is 0 Å². The van der Waals surface area contributed by atoms with Crippen molar-refractivity contribution >= 4 is 34.8 Å². The van der Waals surface area contributed by atoms with Gasteiger partial charge in [-0.2, -0.15) is 0 Å². The molecule has 0 aliphatic rings. The Balaban J connectivity index is 1.99. The molecule has 0 spiro atoms. The molecule has 0 saturated heterocycles. The van der Waals surface area contributed by atoms with Gasteiger partial charge in [-0.25, -0.2) is 0 Å². The molecule has 6 heteroatoms. The van der Waals surface area contributed by atoms with Gasteiger partial charge in [0.25, 0.3) is 0 Å². The van der Waals surface area contributed by atoms with Crippen LogP contribution in [0, 0.1) is 0 Å². The number of nitrogens with zero attached hydrogens (tertiary/aromatic N) is 1. The first kappa shape index (κ1) is 18.6. The number of benzene rings is 2. The highest BCUT2D eigenvalue weighted by Crippen LogP contribution is 2.28. The van der Waals surface area contributed by atoms with Crippen molar-refractivity contribution in [3.63, 3.8) is 0 Å². The lowest BCUT2D eigenvalue weighted by molar-refractivity contribution is -0.117. The normalized spacial score (nSPS) is 12.1. The van der Waals surface area contributed by atoms with Crippen LogP contribution in [0.3, 0.4) is 0 Å². The smallest absolute Gasteiger partial charge is 0.238 e. The zero-order valence-electron chi connectivity index (χ0n) is 13.8. The molecule has 2 aromatic rings. The average molecular weight is 367 g/mol. The van der Waals surface area contributed by atoms with Crippen molar-refractivity contribution in [3.05, 3.63) is 58.1 Å². The molecule has 0 radical (unpaired) electrons. The van der Waals surface area contributed by atoms with Crippen molar-refractivity contribution < 1.29 is 9.53 Å². The van der Waals surface area contributed by atoms with E-state index in [0.29, 0.717) is 21.5 Å². The van der Waals surface area contributed by atoms with Crippen molar-refractivity contribution in [2.75, 3.05) is 26.0 Å². The monoisotopic (exact) mass is 366 g/mol. The lowest BCUT2D eigenvalue weighted by Crippen LogP contribution is -2.32. The molecule has 128 valence electrons. The Hall–Kier alpha value is -1.75. The second-order valence-electron chi connectivity index (χ2n) is 5.51. The van der Waals surface area contributed by atoms with Crippen LogP contribution in [0.2, 0.25) is 10.0 Å². The van der Waals surface area contributed by atoms with Crippen molar-refractivity contribution in [1.82, 2.24) is 4.90 Å². The standard InChI is InChI=1S/C18H20Cl2N2O2/c1-12(14-6-4-5-7-15(14)19)22(2)11-18(23)21-13-8-9-17(24-3)16(20)10-13/h4-10,12H,11H2,1-3H3,(H,21,23). The summed E-state index contributed by atoms with van der Waals surface area (Å²) in [6.45, 7) is 2.24. The van der Waals surface area contributed by atoms with Crippen molar-refractivity contribution in [3.8, 4) is 5.75 Å². The second-order valence-corrected chi connectivity index (χ2v) is 6.32. The number of likely N-dealkylation sites (N-methyl/N-ethyl adjacent to an activating group) is 1. The number of halogens is 2. The number of hydrogen-bond donors (Lipinski definition) is 1. The highest BCUT2D eigenvalue weighted by Gasteiger charge is 2.17. The van der Waals surface area contributed by atoms with Gasteiger partial charge < -0.3 is 10.1 Å². The third kappa shape index (κ3) is 4.63. The van der Waals surface area contributed by atoms with Gasteiger partial charge in [-0.15, -0.1) is 0 Å². The molecule has 2 rings (SSSR count). The zero-order chi connectivity index (χ0) is 17.7. The van der Waals surface area contributed by atoms with Gasteiger partial charge in [0, 0.05) is 16.8 Å². The summed E-state index contributed by atoms with van der Waals surface area (Å²) in [6, 6.07) is 12.8. The molecular formula is C18H20Cl2N2O2. The third-order valence-electron chi connectivity index (χ3n) is 3.85. The molecule has 1 amide bonds. The Morgan fingerprint density at radius 1 is 1.21 bits per heavy atom. The maximum Gasteiger partial charge on any atom is 0.238 e. The van der Waals surface area contributed by atoms with E-state index < -0.39 is 0 Å². The maximum absolute atomic E-state index is 12.2. The molecule has 0 fully saturated rings. The lowest BCUT2D eigenvalue weighted by atomic mass is 10.1. The number of rotatable bonds is 6. The van der Waals surface area contributed by atoms with Crippen molar-refractivity contribution in [1.29, 1.82) is 0 Å². The number of carbonyl (C=O) groups is 1. The minimum absolute atomic E-state index is 0.0175. The fourth-order valence-corrected chi connectivity index (χ4v) is 2.91. The van der Waals surface area contributed by atoms with Crippen LogP contribution in [0.5, 0.6) is 5.75 Å². The van der Waals surface area contributed by atoms with Crippen LogP contribution in [0.15, 0.2) is 42.5 Å². The third-order valence-corrected chi connectivity index (χ3v) is 4.48. The molecule has 0 heterocycles. The summed E-state index contributed by atoms with van der Waals surface area (Å²) in [4.78, 5) is 14.2. The van der Waals surface area contributed by atoms with E-state index in [9.17, 15) is 4.79 Å². The first-order valence-corrected chi connectivity index (χ1v) is 8.26. The summed E-state index contributed by atoms with van der Waals surface area (Å²) in [7, 11) is 3.43. The largest absolute Gasteiger partial charge is 0.495 e. The van der Waals surface area contributed by atoms with Crippen LogP contribution < -0.4 is 10.1 Å². The van der Waals surface area contributed by atoms with Crippen LogP contribution in [0.25, 0.3) is 0 Å². The molecule has 1 atom stereocenters. The van der Waals surface area contributed by atoms with Crippen LogP contribution in [0.1, 0.15) is 18.5 Å². The molecule has 0 bridgehead atoms. The van der Waals surface area contributed by atoms with Gasteiger partial charge in [-0.3, -0.25) is 9.69 Å². The summed E-state index contributed by atoms with van der Waals surface area (Å²) in [5, 5.41) is 3.98. The van der Waals surface area contributed by atoms with Gasteiger partial charge in [0.1, 0.15) is 5.75 Å². The fourth-order valence-electron chi connectivity index (χ4n) is 2.36. The van der Waals surface area contributed by atoms with Crippen LogP contribution in [-0.2, 0) is 4.79 Å². The van der Waals surface area contributed by atoms with E-state index in [2.05, 4.69) is 5.32 Å². The summed E-state index contributed by atoms with van der Waals surface area (Å²) in [5.41, 5.74) is 1.62. The van der Waals surface area contributed by atoms with E-state index in [0.717, 1.165) is 5.56 Å². The quantitative estimate of drug-likeness (QED) is 0.809. The summed E-state index contributed by atoms with van der Waals surface area (Å²) < 4.78 is 5.10. The molecular weight excluding hydrogens is 347 g/mol. The number of anilines is 1. The lowest BCUT2D eigenvalue weighted by Gasteiger charge is -2.25. The molecule has 1 N–H and O–H groups in total. The van der Waals surface area contributed by atoms with Crippen LogP contribution in [0.4, 0.5) is 5.69 Å². The van der Waals surface area contributed by atoms with Crippen molar-refractivity contribution in [2.45, 2.75) is 13.0 Å². The van der Waals surface area contributed by atoms with Gasteiger partial charge >= 0.3 is 0 Å². The zero-order valence-corrected chi connectivity index (χ0v) is 15.4. The Bertz CT molecular complexity index is 722. The van der Waals surface area contributed by atoms with E-state index in [1.807, 2.05) is 43.1 Å². The van der Waals surface area contributed by atoms with Crippen LogP contribution >= 0.6 is 23.2 Å². The van der Waals surface area contributed by atoms with Gasteiger partial charge in [0.2, 0.25) is 5.91 Å². The molecule has 4 nitrogen and oxygen atoms in total. The number of amides is 1. The predicted molar refractivity (Wildman–Crippen MR) is 99.1 cm³/mol. The van der Waals surface area contributed by atoms with E-state index in [1.165, 1.54) is 0 Å². The minimum atomic E-state index is -0.127. The number of carbonyl (C=O) groups excluding carboxylic acids is 1. The van der Waals surface area contributed by atoms with E-state index >= 15 is 0 Å². The predicted octanol–water partition coefficient (Wildman–Crippen LogP) is 4.63. The minimum Gasteiger partial charge on any atom is -0.495 e. The first-order valence-electron chi connectivity index (χ1n) is 7.50. The molecule has 0 saturated carbocycles. The first-order chi connectivity index (χ1) is 11.4. The molecule has 0 aliphatic heterocycles. The van der Waals surface area contributed by atoms with Crippen molar-refractivity contribution in [2.24, 2.45) is 0 Å². The number of ether oxygens (including phenoxy) is 1. The topological polar surface area (TPSA) is 41.6 Å². The summed E-state index contributed by atoms with van der Waals surface area (Å²) in [5.74, 6) is 0.441. The summed E-state index contributed by atoms with van der Waals surface area (Å²) >= 11 is 12.3. The van der Waals surface area contributed by atoms with E-state index in [4.69, 9.17) is 27.9 Å². The molecule has 1 unspecified atom stereocenters. The Labute approximate surface area is 152 Å². The highest BCUT2D eigenvalue weighted by molar-refractivity contribution is 6.32. The van der Waals surface area contributed by atoms with E-state index in [-0.39, 0.29) is 18.5 Å². The Morgan fingerprint density at radius 2 is 1.92 bits per heavy atom.